The molecule has 0 radical (unpaired) electrons. The second-order valence-electron chi connectivity index (χ2n) is 7.78. The van der Waals surface area contributed by atoms with Gasteiger partial charge >= 0.3 is 0 Å². The van der Waals surface area contributed by atoms with Crippen LogP contribution in [-0.2, 0) is 6.42 Å². The summed E-state index contributed by atoms with van der Waals surface area (Å²) in [6.07, 6.45) is 5.62. The maximum atomic E-state index is 13.0. The number of nitrogens with zero attached hydrogens (tertiary/aromatic N) is 4. The van der Waals surface area contributed by atoms with E-state index in [1.54, 1.807) is 0 Å². The lowest BCUT2D eigenvalue weighted by atomic mass is 9.90. The van der Waals surface area contributed by atoms with E-state index < -0.39 is 0 Å². The van der Waals surface area contributed by atoms with Crippen LogP contribution in [-0.4, -0.2) is 47.0 Å². The lowest BCUT2D eigenvalue weighted by molar-refractivity contribution is 0.0684. The highest BCUT2D eigenvalue weighted by molar-refractivity contribution is 5.93. The number of anilines is 1. The zero-order valence-electron chi connectivity index (χ0n) is 16.1. The Morgan fingerprint density at radius 3 is 2.44 bits per heavy atom. The topological polar surface area (TPSA) is 49.3 Å². The maximum Gasteiger partial charge on any atom is 0.272 e. The molecule has 1 amide bonds. The van der Waals surface area contributed by atoms with Gasteiger partial charge in [0.1, 0.15) is 17.3 Å². The summed E-state index contributed by atoms with van der Waals surface area (Å²) in [6.45, 7) is 5.56. The largest absolute Gasteiger partial charge is 0.356 e. The van der Waals surface area contributed by atoms with Crippen molar-refractivity contribution in [1.29, 1.82) is 0 Å². The Kier molecular flexibility index (Phi) is 5.37. The number of aryl methyl sites for hydroxylation is 1. The van der Waals surface area contributed by atoms with Crippen molar-refractivity contribution in [2.75, 3.05) is 31.1 Å². The normalized spacial score (nSPS) is 18.1. The quantitative estimate of drug-likeness (QED) is 0.833. The Labute approximate surface area is 161 Å². The molecule has 2 saturated heterocycles. The minimum absolute atomic E-state index is 0.0547. The monoisotopic (exact) mass is 364 g/mol. The van der Waals surface area contributed by atoms with Crippen molar-refractivity contribution in [2.45, 2.75) is 39.0 Å². The number of amides is 1. The summed E-state index contributed by atoms with van der Waals surface area (Å²) in [4.78, 5) is 26.2. The van der Waals surface area contributed by atoms with E-state index in [9.17, 15) is 4.79 Å². The van der Waals surface area contributed by atoms with E-state index in [0.717, 1.165) is 51.3 Å². The van der Waals surface area contributed by atoms with E-state index in [1.807, 2.05) is 17.9 Å². The van der Waals surface area contributed by atoms with Crippen molar-refractivity contribution in [1.82, 2.24) is 14.9 Å². The van der Waals surface area contributed by atoms with Gasteiger partial charge in [0.05, 0.1) is 0 Å². The van der Waals surface area contributed by atoms with Gasteiger partial charge in [0.15, 0.2) is 0 Å². The second kappa shape index (κ2) is 8.07. The summed E-state index contributed by atoms with van der Waals surface area (Å²) in [5.41, 5.74) is 1.94. The average Bonchev–Trinajstić information content (AvgIpc) is 3.23. The van der Waals surface area contributed by atoms with Gasteiger partial charge in [-0.1, -0.05) is 30.3 Å². The first-order chi connectivity index (χ1) is 13.2. The predicted octanol–water partition coefficient (Wildman–Crippen LogP) is 3.48. The number of hydrogen-bond donors (Lipinski definition) is 0. The van der Waals surface area contributed by atoms with Crippen LogP contribution in [0.4, 0.5) is 5.82 Å². The predicted molar refractivity (Wildman–Crippen MR) is 107 cm³/mol. The molecular formula is C22H28N4O. The van der Waals surface area contributed by atoms with Crippen molar-refractivity contribution < 1.29 is 4.79 Å². The van der Waals surface area contributed by atoms with E-state index >= 15 is 0 Å². The molecule has 0 spiro atoms. The van der Waals surface area contributed by atoms with Crippen LogP contribution in [0.1, 0.15) is 47.6 Å². The van der Waals surface area contributed by atoms with Crippen molar-refractivity contribution in [3.05, 3.63) is 53.5 Å². The van der Waals surface area contributed by atoms with Crippen LogP contribution in [0.2, 0.25) is 0 Å². The fraction of sp³-hybridized carbons (Fsp3) is 0.500. The molecule has 0 N–H and O–H groups in total. The molecule has 2 fully saturated rings. The average molecular weight is 364 g/mol. The Balaban J connectivity index is 1.39. The number of likely N-dealkylation sites (tertiary alicyclic amines) is 1. The van der Waals surface area contributed by atoms with Crippen LogP contribution >= 0.6 is 0 Å². The van der Waals surface area contributed by atoms with Crippen LogP contribution in [0.15, 0.2) is 36.4 Å². The fourth-order valence-electron chi connectivity index (χ4n) is 4.22. The number of aromatic nitrogens is 2. The van der Waals surface area contributed by atoms with Crippen LogP contribution in [0.3, 0.4) is 0 Å². The van der Waals surface area contributed by atoms with E-state index in [1.165, 1.54) is 18.4 Å². The number of benzene rings is 1. The number of carbonyl (C=O) groups is 1. The van der Waals surface area contributed by atoms with Gasteiger partial charge in [0.2, 0.25) is 0 Å². The smallest absolute Gasteiger partial charge is 0.272 e. The van der Waals surface area contributed by atoms with Gasteiger partial charge in [-0.2, -0.15) is 0 Å². The van der Waals surface area contributed by atoms with Crippen molar-refractivity contribution in [3.8, 4) is 0 Å². The molecule has 2 aliphatic heterocycles. The van der Waals surface area contributed by atoms with E-state index in [-0.39, 0.29) is 5.91 Å². The van der Waals surface area contributed by atoms with Crippen LogP contribution in [0.25, 0.3) is 0 Å². The summed E-state index contributed by atoms with van der Waals surface area (Å²) < 4.78 is 0. The molecule has 0 bridgehead atoms. The van der Waals surface area contributed by atoms with Crippen LogP contribution < -0.4 is 4.90 Å². The minimum atomic E-state index is 0.0547. The fourth-order valence-corrected chi connectivity index (χ4v) is 4.22. The third-order valence-corrected chi connectivity index (χ3v) is 5.74. The highest BCUT2D eigenvalue weighted by atomic mass is 16.2. The van der Waals surface area contributed by atoms with Gasteiger partial charge < -0.3 is 9.80 Å². The molecule has 0 aliphatic carbocycles. The molecule has 0 atom stereocenters. The summed E-state index contributed by atoms with van der Waals surface area (Å²) in [5, 5.41) is 0. The van der Waals surface area contributed by atoms with Gasteiger partial charge in [-0.05, 0) is 50.5 Å². The molecule has 2 aliphatic rings. The molecule has 142 valence electrons. The maximum absolute atomic E-state index is 13.0. The molecule has 27 heavy (non-hydrogen) atoms. The molecule has 2 aromatic rings. The molecule has 0 unspecified atom stereocenters. The summed E-state index contributed by atoms with van der Waals surface area (Å²) in [6, 6.07) is 12.5. The summed E-state index contributed by atoms with van der Waals surface area (Å²) >= 11 is 0. The highest BCUT2D eigenvalue weighted by Gasteiger charge is 2.26. The molecule has 1 aromatic carbocycles. The van der Waals surface area contributed by atoms with E-state index in [0.29, 0.717) is 17.4 Å². The van der Waals surface area contributed by atoms with Gasteiger partial charge in [-0.25, -0.2) is 9.97 Å². The van der Waals surface area contributed by atoms with Crippen LogP contribution in [0, 0.1) is 12.8 Å². The summed E-state index contributed by atoms with van der Waals surface area (Å²) in [5.74, 6) is 2.30. The first-order valence-electron chi connectivity index (χ1n) is 10.1. The van der Waals surface area contributed by atoms with Crippen LogP contribution in [0.5, 0.6) is 0 Å². The lowest BCUT2D eigenvalue weighted by Crippen LogP contribution is -2.39. The molecular weight excluding hydrogens is 336 g/mol. The zero-order valence-corrected chi connectivity index (χ0v) is 16.1. The Morgan fingerprint density at radius 2 is 1.74 bits per heavy atom. The summed E-state index contributed by atoms with van der Waals surface area (Å²) in [7, 11) is 0. The lowest BCUT2D eigenvalue weighted by Gasteiger charge is -2.32. The van der Waals surface area contributed by atoms with E-state index in [4.69, 9.17) is 0 Å². The zero-order chi connectivity index (χ0) is 18.6. The van der Waals surface area contributed by atoms with E-state index in [2.05, 4.69) is 45.2 Å². The van der Waals surface area contributed by atoms with Gasteiger partial charge in [0, 0.05) is 32.2 Å². The number of carbonyl (C=O) groups excluding carboxylic acids is 1. The molecule has 5 nitrogen and oxygen atoms in total. The third kappa shape index (κ3) is 4.29. The third-order valence-electron chi connectivity index (χ3n) is 5.74. The SMILES string of the molecule is Cc1nc(C(=O)N2CCC(Cc3ccccc3)CC2)cc(N2CCCC2)n1. The number of hydrogen-bond acceptors (Lipinski definition) is 4. The van der Waals surface area contributed by atoms with Crippen molar-refractivity contribution >= 4 is 11.7 Å². The molecule has 3 heterocycles. The Morgan fingerprint density at radius 1 is 1.04 bits per heavy atom. The van der Waals surface area contributed by atoms with Crippen molar-refractivity contribution in [2.24, 2.45) is 5.92 Å². The molecule has 1 aromatic heterocycles. The first kappa shape index (κ1) is 18.0. The number of piperidine rings is 1. The Hall–Kier alpha value is -2.43. The number of rotatable bonds is 4. The van der Waals surface area contributed by atoms with Gasteiger partial charge in [0.25, 0.3) is 5.91 Å². The Bertz CT molecular complexity index is 778. The highest BCUT2D eigenvalue weighted by Crippen LogP contribution is 2.24. The van der Waals surface area contributed by atoms with Gasteiger partial charge in [-0.15, -0.1) is 0 Å². The van der Waals surface area contributed by atoms with Crippen molar-refractivity contribution in [3.63, 3.8) is 0 Å². The standard InChI is InChI=1S/C22H28N4O/c1-17-23-20(16-21(24-17)25-11-5-6-12-25)22(27)26-13-9-19(10-14-26)15-18-7-3-2-4-8-18/h2-4,7-8,16,19H,5-6,9-15H2,1H3. The molecule has 5 heteroatoms. The van der Waals surface area contributed by atoms with Gasteiger partial charge in [-0.3, -0.25) is 4.79 Å². The second-order valence-corrected chi connectivity index (χ2v) is 7.78. The molecule has 0 saturated carbocycles. The first-order valence-corrected chi connectivity index (χ1v) is 10.1. The molecule has 4 rings (SSSR count). The minimum Gasteiger partial charge on any atom is -0.356 e.